The third-order valence-electron chi connectivity index (χ3n) is 7.78. The van der Waals surface area contributed by atoms with E-state index in [9.17, 15) is 4.79 Å². The van der Waals surface area contributed by atoms with E-state index >= 15 is 0 Å². The van der Waals surface area contributed by atoms with Gasteiger partial charge >= 0.3 is 0 Å². The average molecular weight is 434 g/mol. The summed E-state index contributed by atoms with van der Waals surface area (Å²) in [6, 6.07) is 7.66. The Morgan fingerprint density at radius 1 is 1.09 bits per heavy atom. The monoisotopic (exact) mass is 433 g/mol. The van der Waals surface area contributed by atoms with E-state index in [0.29, 0.717) is 17.9 Å². The fourth-order valence-electron chi connectivity index (χ4n) is 5.56. The molecule has 2 saturated heterocycles. The Labute approximate surface area is 190 Å². The van der Waals surface area contributed by atoms with Crippen LogP contribution in [0.5, 0.6) is 0 Å². The number of pyridine rings is 1. The van der Waals surface area contributed by atoms with E-state index in [4.69, 9.17) is 4.74 Å². The zero-order chi connectivity index (χ0) is 22.6. The second-order valence-electron chi connectivity index (χ2n) is 10.1. The maximum Gasteiger partial charge on any atom is 0.253 e. The molecule has 4 heterocycles. The van der Waals surface area contributed by atoms with Gasteiger partial charge in [-0.05, 0) is 80.4 Å². The van der Waals surface area contributed by atoms with Crippen LogP contribution in [-0.4, -0.2) is 46.8 Å². The van der Waals surface area contributed by atoms with Gasteiger partial charge in [0, 0.05) is 35.3 Å². The number of aromatic amines is 1. The Morgan fingerprint density at radius 2 is 1.81 bits per heavy atom. The molecule has 0 spiro atoms. The predicted octanol–water partition coefficient (Wildman–Crippen LogP) is 4.85. The fraction of sp³-hybridized carbons (Fsp3) is 0.519. The molecule has 1 N–H and O–H groups in total. The molecule has 0 aliphatic carbocycles. The Hall–Kier alpha value is -2.37. The van der Waals surface area contributed by atoms with Gasteiger partial charge in [-0.25, -0.2) is 0 Å². The number of rotatable bonds is 4. The maximum atomic E-state index is 12.4. The first-order valence-electron chi connectivity index (χ1n) is 12.0. The molecule has 2 aromatic heterocycles. The molecule has 0 radical (unpaired) electrons. The van der Waals surface area contributed by atoms with E-state index in [0.717, 1.165) is 35.6 Å². The summed E-state index contributed by atoms with van der Waals surface area (Å²) in [7, 11) is 1.84. The highest BCUT2D eigenvalue weighted by Crippen LogP contribution is 2.39. The molecule has 5 rings (SSSR count). The topological polar surface area (TPSA) is 50.3 Å². The number of aromatic nitrogens is 2. The largest absolute Gasteiger partial charge is 0.378 e. The van der Waals surface area contributed by atoms with Crippen molar-refractivity contribution in [1.29, 1.82) is 0 Å². The molecule has 0 atom stereocenters. The lowest BCUT2D eigenvalue weighted by Gasteiger charge is -2.41. The molecule has 0 saturated carbocycles. The number of likely N-dealkylation sites (tertiary alicyclic amines) is 1. The zero-order valence-electron chi connectivity index (χ0n) is 20.0. The van der Waals surface area contributed by atoms with Crippen molar-refractivity contribution in [2.75, 3.05) is 26.3 Å². The smallest absolute Gasteiger partial charge is 0.253 e. The molecular formula is C27H35N3O2. The van der Waals surface area contributed by atoms with Gasteiger partial charge in [0.25, 0.3) is 5.56 Å². The maximum absolute atomic E-state index is 12.4. The number of nitrogens with zero attached hydrogens (tertiary/aromatic N) is 2. The van der Waals surface area contributed by atoms with Gasteiger partial charge in [-0.1, -0.05) is 19.9 Å². The van der Waals surface area contributed by atoms with Crippen LogP contribution < -0.4 is 5.56 Å². The van der Waals surface area contributed by atoms with E-state index in [1.54, 1.807) is 4.57 Å². The van der Waals surface area contributed by atoms with Gasteiger partial charge in [0.15, 0.2) is 0 Å². The number of H-pyrrole nitrogens is 1. The van der Waals surface area contributed by atoms with Crippen LogP contribution in [0.1, 0.15) is 60.8 Å². The second kappa shape index (κ2) is 8.20. The molecule has 3 aromatic rings. The minimum atomic E-state index is 0.0792. The molecule has 0 amide bonds. The van der Waals surface area contributed by atoms with E-state index < -0.39 is 0 Å². The fourth-order valence-corrected chi connectivity index (χ4v) is 5.56. The van der Waals surface area contributed by atoms with Crippen LogP contribution in [0.2, 0.25) is 0 Å². The van der Waals surface area contributed by atoms with Crippen molar-refractivity contribution in [2.45, 2.75) is 58.4 Å². The summed E-state index contributed by atoms with van der Waals surface area (Å²) in [4.78, 5) is 18.7. The summed E-state index contributed by atoms with van der Waals surface area (Å²) in [5.41, 5.74) is 8.25. The second-order valence-corrected chi connectivity index (χ2v) is 10.1. The van der Waals surface area contributed by atoms with Gasteiger partial charge in [-0.2, -0.15) is 0 Å². The molecule has 170 valence electrons. The van der Waals surface area contributed by atoms with Gasteiger partial charge in [0.1, 0.15) is 0 Å². The third kappa shape index (κ3) is 3.52. The standard InChI is InChI=1S/C27H35N3O2/c1-16(2)25-22-12-20(19-8-10-30(11-9-19)21-14-32-15-21)6-7-24(22)28-26(25)23-13-29(5)27(31)18(4)17(23)3/h6-7,12-13,16,19,21,28H,8-11,14-15H2,1-5H3. The van der Waals surface area contributed by atoms with Gasteiger partial charge in [-0.3, -0.25) is 9.69 Å². The van der Waals surface area contributed by atoms with Crippen LogP contribution in [0, 0.1) is 13.8 Å². The highest BCUT2D eigenvalue weighted by atomic mass is 16.5. The van der Waals surface area contributed by atoms with Crippen molar-refractivity contribution < 1.29 is 4.74 Å². The summed E-state index contributed by atoms with van der Waals surface area (Å²) >= 11 is 0. The summed E-state index contributed by atoms with van der Waals surface area (Å²) in [6.07, 6.45) is 4.42. The first kappa shape index (κ1) is 21.5. The number of nitrogens with one attached hydrogen (secondary N) is 1. The van der Waals surface area contributed by atoms with Crippen LogP contribution in [0.3, 0.4) is 0 Å². The highest BCUT2D eigenvalue weighted by molar-refractivity contribution is 5.92. The van der Waals surface area contributed by atoms with E-state index in [1.165, 1.54) is 48.0 Å². The number of ether oxygens (including phenoxy) is 1. The lowest BCUT2D eigenvalue weighted by molar-refractivity contribution is -0.0712. The molecule has 1 aromatic carbocycles. The first-order valence-corrected chi connectivity index (χ1v) is 12.0. The number of benzene rings is 1. The Morgan fingerprint density at radius 3 is 2.44 bits per heavy atom. The molecule has 0 unspecified atom stereocenters. The quantitative estimate of drug-likeness (QED) is 0.640. The lowest BCUT2D eigenvalue weighted by atomic mass is 9.87. The summed E-state index contributed by atoms with van der Waals surface area (Å²) in [5, 5.41) is 1.33. The molecule has 0 bridgehead atoms. The summed E-state index contributed by atoms with van der Waals surface area (Å²) in [6.45, 7) is 12.7. The van der Waals surface area contributed by atoms with Crippen molar-refractivity contribution in [1.82, 2.24) is 14.5 Å². The minimum Gasteiger partial charge on any atom is -0.378 e. The SMILES string of the molecule is Cc1c(-c2[nH]c3ccc(C4CCN(C5COC5)CC4)cc3c2C(C)C)cn(C)c(=O)c1C. The minimum absolute atomic E-state index is 0.0792. The van der Waals surface area contributed by atoms with E-state index in [2.05, 4.69) is 48.9 Å². The predicted molar refractivity (Wildman–Crippen MR) is 131 cm³/mol. The van der Waals surface area contributed by atoms with Crippen LogP contribution in [0.25, 0.3) is 22.2 Å². The molecule has 5 nitrogen and oxygen atoms in total. The first-order chi connectivity index (χ1) is 15.3. The van der Waals surface area contributed by atoms with E-state index in [1.807, 2.05) is 20.2 Å². The zero-order valence-corrected chi connectivity index (χ0v) is 20.0. The number of hydrogen-bond donors (Lipinski definition) is 1. The number of fused-ring (bicyclic) bond motifs is 1. The van der Waals surface area contributed by atoms with Crippen LogP contribution in [0.4, 0.5) is 0 Å². The van der Waals surface area contributed by atoms with Gasteiger partial charge in [-0.15, -0.1) is 0 Å². The average Bonchev–Trinajstić information content (AvgIpc) is 3.13. The van der Waals surface area contributed by atoms with Crippen molar-refractivity contribution in [2.24, 2.45) is 7.05 Å². The summed E-state index contributed by atoms with van der Waals surface area (Å²) < 4.78 is 7.10. The Balaban J connectivity index is 1.53. The van der Waals surface area contributed by atoms with Gasteiger partial charge in [0.2, 0.25) is 0 Å². The van der Waals surface area contributed by atoms with Crippen molar-refractivity contribution in [3.63, 3.8) is 0 Å². The Bertz CT molecular complexity index is 1210. The summed E-state index contributed by atoms with van der Waals surface area (Å²) in [5.74, 6) is 1.00. The molecule has 2 aliphatic heterocycles. The van der Waals surface area contributed by atoms with Gasteiger partial charge in [0.05, 0.1) is 24.9 Å². The van der Waals surface area contributed by atoms with E-state index in [-0.39, 0.29) is 5.56 Å². The highest BCUT2D eigenvalue weighted by Gasteiger charge is 2.30. The normalized spacial score (nSPS) is 18.6. The number of aryl methyl sites for hydroxylation is 1. The number of piperidine rings is 1. The van der Waals surface area contributed by atoms with Crippen molar-refractivity contribution in [3.05, 3.63) is 57.0 Å². The molecule has 2 fully saturated rings. The molecule has 32 heavy (non-hydrogen) atoms. The third-order valence-corrected chi connectivity index (χ3v) is 7.78. The molecular weight excluding hydrogens is 398 g/mol. The van der Waals surface area contributed by atoms with Crippen LogP contribution >= 0.6 is 0 Å². The molecule has 5 heteroatoms. The van der Waals surface area contributed by atoms with Crippen LogP contribution in [0.15, 0.2) is 29.2 Å². The van der Waals surface area contributed by atoms with Crippen molar-refractivity contribution >= 4 is 10.9 Å². The van der Waals surface area contributed by atoms with Crippen molar-refractivity contribution in [3.8, 4) is 11.3 Å². The van der Waals surface area contributed by atoms with Gasteiger partial charge < -0.3 is 14.3 Å². The number of hydrogen-bond acceptors (Lipinski definition) is 3. The van der Waals surface area contributed by atoms with Crippen LogP contribution in [-0.2, 0) is 11.8 Å². The molecule has 2 aliphatic rings. The lowest BCUT2D eigenvalue weighted by Crippen LogP contribution is -2.51. The Kier molecular flexibility index (Phi) is 5.50.